The molecule has 5 rings (SSSR count). The second-order valence-electron chi connectivity index (χ2n) is 8.50. The Hall–Kier alpha value is -4.48. The van der Waals surface area contributed by atoms with E-state index in [1.54, 1.807) is 15.4 Å². The van der Waals surface area contributed by atoms with Crippen molar-refractivity contribution in [3.05, 3.63) is 54.4 Å². The van der Waals surface area contributed by atoms with Crippen molar-refractivity contribution >= 4 is 29.0 Å². The second kappa shape index (κ2) is 8.14. The zero-order valence-electron chi connectivity index (χ0n) is 18.7. The predicted molar refractivity (Wildman–Crippen MR) is 125 cm³/mol. The molecule has 0 aliphatic carbocycles. The van der Waals surface area contributed by atoms with E-state index in [0.29, 0.717) is 30.3 Å². The smallest absolute Gasteiger partial charge is 0.267 e. The quantitative estimate of drug-likeness (QED) is 0.378. The van der Waals surface area contributed by atoms with Gasteiger partial charge in [-0.1, -0.05) is 6.92 Å². The standard InChI is InChI=1S/C22H24N10O2/c1-12-8-31(22-25-4-3-16(29-22)21(24)34)11-17(12)28-19-15(20(23)33)7-27-32-10-13(5-18(19)32)14-6-26-30(2)9-14/h3-7,9-10,12,17,28H,8,11H2,1-2H3,(H2,23,33)(H2,24,34)/t12-,17+/m0/s1. The molecule has 4 aromatic rings. The van der Waals surface area contributed by atoms with Crippen molar-refractivity contribution in [1.29, 1.82) is 0 Å². The Bertz CT molecular complexity index is 1410. The van der Waals surface area contributed by atoms with Gasteiger partial charge in [0.1, 0.15) is 5.69 Å². The van der Waals surface area contributed by atoms with Gasteiger partial charge in [-0.2, -0.15) is 10.2 Å². The summed E-state index contributed by atoms with van der Waals surface area (Å²) in [6.07, 6.45) is 8.56. The Labute approximate surface area is 194 Å². The fourth-order valence-corrected chi connectivity index (χ4v) is 4.26. The lowest BCUT2D eigenvalue weighted by atomic mass is 10.1. The van der Waals surface area contributed by atoms with E-state index in [0.717, 1.165) is 16.6 Å². The van der Waals surface area contributed by atoms with Crippen LogP contribution in [0.15, 0.2) is 43.1 Å². The molecule has 2 amide bonds. The molecule has 0 unspecified atom stereocenters. The summed E-state index contributed by atoms with van der Waals surface area (Å²) in [5.41, 5.74) is 14.7. The number of carbonyl (C=O) groups is 2. The van der Waals surface area contributed by atoms with Gasteiger partial charge in [0.15, 0.2) is 0 Å². The Kier molecular flexibility index (Phi) is 5.11. The Morgan fingerprint density at radius 2 is 1.91 bits per heavy atom. The highest BCUT2D eigenvalue weighted by atomic mass is 16.1. The van der Waals surface area contributed by atoms with Gasteiger partial charge in [-0.15, -0.1) is 0 Å². The van der Waals surface area contributed by atoms with Crippen LogP contribution in [-0.2, 0) is 7.05 Å². The molecule has 0 radical (unpaired) electrons. The van der Waals surface area contributed by atoms with Gasteiger partial charge in [0.2, 0.25) is 5.95 Å². The molecule has 5 N–H and O–H groups in total. The largest absolute Gasteiger partial charge is 0.378 e. The van der Waals surface area contributed by atoms with Crippen molar-refractivity contribution in [2.45, 2.75) is 13.0 Å². The molecule has 0 saturated carbocycles. The number of hydrogen-bond acceptors (Lipinski definition) is 8. The third kappa shape index (κ3) is 3.78. The van der Waals surface area contributed by atoms with Crippen LogP contribution in [0.1, 0.15) is 27.8 Å². The third-order valence-corrected chi connectivity index (χ3v) is 6.06. The summed E-state index contributed by atoms with van der Waals surface area (Å²) in [5.74, 6) is -0.554. The maximum absolute atomic E-state index is 12.2. The van der Waals surface area contributed by atoms with E-state index in [1.807, 2.05) is 30.4 Å². The molecule has 12 nitrogen and oxygen atoms in total. The number of aromatic nitrogens is 6. The number of amides is 2. The first-order valence-corrected chi connectivity index (χ1v) is 10.7. The summed E-state index contributed by atoms with van der Waals surface area (Å²) in [7, 11) is 1.85. The minimum atomic E-state index is -0.603. The summed E-state index contributed by atoms with van der Waals surface area (Å²) in [5, 5.41) is 12.1. The highest BCUT2D eigenvalue weighted by molar-refractivity contribution is 6.02. The molecule has 1 saturated heterocycles. The van der Waals surface area contributed by atoms with Gasteiger partial charge in [0.05, 0.1) is 29.2 Å². The van der Waals surface area contributed by atoms with Crippen molar-refractivity contribution in [3.63, 3.8) is 0 Å². The lowest BCUT2D eigenvalue weighted by Gasteiger charge is -2.20. The Balaban J connectivity index is 1.48. The molecule has 34 heavy (non-hydrogen) atoms. The monoisotopic (exact) mass is 460 g/mol. The summed E-state index contributed by atoms with van der Waals surface area (Å²) in [6.45, 7) is 3.32. The summed E-state index contributed by atoms with van der Waals surface area (Å²) in [4.78, 5) is 34.3. The first kappa shape index (κ1) is 21.4. The molecule has 0 bridgehead atoms. The molecule has 1 aliphatic rings. The number of primary amides is 2. The zero-order valence-corrected chi connectivity index (χ0v) is 18.7. The average molecular weight is 461 g/mol. The molecule has 5 heterocycles. The molecule has 12 heteroatoms. The molecule has 0 spiro atoms. The normalized spacial score (nSPS) is 17.9. The summed E-state index contributed by atoms with van der Waals surface area (Å²) < 4.78 is 3.44. The van der Waals surface area contributed by atoms with E-state index in [9.17, 15) is 9.59 Å². The van der Waals surface area contributed by atoms with E-state index >= 15 is 0 Å². The minimum absolute atomic E-state index is 0.0399. The van der Waals surface area contributed by atoms with Crippen LogP contribution in [0, 0.1) is 5.92 Å². The molecular formula is C22H24N10O2. The number of aryl methyl sites for hydroxylation is 1. The zero-order chi connectivity index (χ0) is 24.0. The minimum Gasteiger partial charge on any atom is -0.378 e. The topological polar surface area (TPSA) is 162 Å². The van der Waals surface area contributed by atoms with Crippen molar-refractivity contribution in [2.75, 3.05) is 23.3 Å². The van der Waals surface area contributed by atoms with Crippen LogP contribution in [0.25, 0.3) is 16.6 Å². The molecule has 174 valence electrons. The van der Waals surface area contributed by atoms with Gasteiger partial charge in [-0.05, 0) is 18.1 Å². The van der Waals surface area contributed by atoms with Crippen LogP contribution < -0.4 is 21.7 Å². The number of nitrogens with two attached hydrogens (primary N) is 2. The lowest BCUT2D eigenvalue weighted by molar-refractivity contribution is 0.0989. The van der Waals surface area contributed by atoms with Gasteiger partial charge < -0.3 is 21.7 Å². The number of nitrogens with one attached hydrogen (secondary N) is 1. The van der Waals surface area contributed by atoms with E-state index < -0.39 is 11.8 Å². The van der Waals surface area contributed by atoms with Crippen molar-refractivity contribution in [3.8, 4) is 11.1 Å². The van der Waals surface area contributed by atoms with Crippen LogP contribution in [-0.4, -0.2) is 60.3 Å². The van der Waals surface area contributed by atoms with E-state index in [1.165, 1.54) is 18.5 Å². The SMILES string of the molecule is C[C@H]1CN(c2nccc(C(N)=O)n2)C[C@H]1Nc1c(C(N)=O)cnn2cc(-c3cnn(C)c3)cc12. The highest BCUT2D eigenvalue weighted by Crippen LogP contribution is 2.31. The van der Waals surface area contributed by atoms with E-state index in [4.69, 9.17) is 11.5 Å². The van der Waals surface area contributed by atoms with Gasteiger partial charge in [-0.25, -0.2) is 14.5 Å². The number of hydrogen-bond donors (Lipinski definition) is 3. The van der Waals surface area contributed by atoms with Crippen LogP contribution >= 0.6 is 0 Å². The molecular weight excluding hydrogens is 436 g/mol. The number of rotatable bonds is 6. The Morgan fingerprint density at radius 3 is 2.62 bits per heavy atom. The molecule has 0 aromatic carbocycles. The van der Waals surface area contributed by atoms with Crippen LogP contribution in [0.2, 0.25) is 0 Å². The highest BCUT2D eigenvalue weighted by Gasteiger charge is 2.32. The van der Waals surface area contributed by atoms with Gasteiger partial charge >= 0.3 is 0 Å². The average Bonchev–Trinajstić information content (AvgIpc) is 3.52. The summed E-state index contributed by atoms with van der Waals surface area (Å²) >= 11 is 0. The van der Waals surface area contributed by atoms with Gasteiger partial charge in [0, 0.05) is 55.9 Å². The second-order valence-corrected chi connectivity index (χ2v) is 8.50. The summed E-state index contributed by atoms with van der Waals surface area (Å²) in [6, 6.07) is 3.40. The predicted octanol–water partition coefficient (Wildman–Crippen LogP) is 0.659. The van der Waals surface area contributed by atoms with Crippen molar-refractivity contribution in [2.24, 2.45) is 24.4 Å². The van der Waals surface area contributed by atoms with Gasteiger partial charge in [-0.3, -0.25) is 14.3 Å². The number of carbonyl (C=O) groups excluding carboxylic acids is 2. The first-order chi connectivity index (χ1) is 16.3. The number of anilines is 2. The fourth-order valence-electron chi connectivity index (χ4n) is 4.26. The van der Waals surface area contributed by atoms with Crippen LogP contribution in [0.5, 0.6) is 0 Å². The molecule has 4 aromatic heterocycles. The maximum Gasteiger partial charge on any atom is 0.267 e. The maximum atomic E-state index is 12.2. The number of nitrogens with zero attached hydrogens (tertiary/aromatic N) is 7. The molecule has 2 atom stereocenters. The van der Waals surface area contributed by atoms with Crippen LogP contribution in [0.3, 0.4) is 0 Å². The molecule has 1 aliphatic heterocycles. The Morgan fingerprint density at radius 1 is 1.09 bits per heavy atom. The van der Waals surface area contributed by atoms with E-state index in [2.05, 4.69) is 32.4 Å². The number of fused-ring (bicyclic) bond motifs is 1. The lowest BCUT2D eigenvalue weighted by Crippen LogP contribution is -2.30. The van der Waals surface area contributed by atoms with Gasteiger partial charge in [0.25, 0.3) is 11.8 Å². The van der Waals surface area contributed by atoms with Crippen LogP contribution in [0.4, 0.5) is 11.6 Å². The van der Waals surface area contributed by atoms with Crippen molar-refractivity contribution < 1.29 is 9.59 Å². The van der Waals surface area contributed by atoms with Crippen molar-refractivity contribution in [1.82, 2.24) is 29.4 Å². The third-order valence-electron chi connectivity index (χ3n) is 6.06. The molecule has 1 fully saturated rings. The first-order valence-electron chi connectivity index (χ1n) is 10.7. The van der Waals surface area contributed by atoms with E-state index in [-0.39, 0.29) is 17.7 Å². The fraction of sp³-hybridized carbons (Fsp3) is 0.273.